The first-order chi connectivity index (χ1) is 13.8. The summed E-state index contributed by atoms with van der Waals surface area (Å²) in [7, 11) is 5.98. The van der Waals surface area contributed by atoms with Crippen molar-refractivity contribution in [2.24, 2.45) is 0 Å². The van der Waals surface area contributed by atoms with Gasteiger partial charge in [0.1, 0.15) is 5.82 Å². The van der Waals surface area contributed by atoms with Crippen molar-refractivity contribution >= 4 is 23.2 Å². The third kappa shape index (κ3) is 5.12. The summed E-state index contributed by atoms with van der Waals surface area (Å²) in [6.07, 6.45) is 2.16. The van der Waals surface area contributed by atoms with E-state index in [0.717, 1.165) is 31.0 Å². The number of nitrogens with one attached hydrogen (secondary N) is 2. The standard InChI is InChI=1S/C22H27FN4O2/c1-26(2)20(16-9-10-19-15(12-16)6-5-11-27(19)3)14-24-21(28)22(29)25-18-8-4-7-17(23)13-18/h4,7-10,12-13,20H,5-6,11,14H2,1-3H3,(H,24,28)(H,25,29)/t20-/m1/s1. The van der Waals surface area contributed by atoms with Crippen molar-refractivity contribution in [2.75, 3.05) is 44.4 Å². The molecule has 0 saturated carbocycles. The van der Waals surface area contributed by atoms with Crippen LogP contribution in [0.4, 0.5) is 15.8 Å². The van der Waals surface area contributed by atoms with Gasteiger partial charge >= 0.3 is 11.8 Å². The number of halogens is 1. The van der Waals surface area contributed by atoms with Crippen molar-refractivity contribution in [3.63, 3.8) is 0 Å². The molecule has 1 aliphatic heterocycles. The van der Waals surface area contributed by atoms with Crippen LogP contribution in [-0.2, 0) is 16.0 Å². The molecule has 6 nitrogen and oxygen atoms in total. The molecule has 2 amide bonds. The molecule has 2 aromatic carbocycles. The number of likely N-dealkylation sites (N-methyl/N-ethyl adjacent to an activating group) is 1. The molecule has 0 fully saturated rings. The van der Waals surface area contributed by atoms with Gasteiger partial charge in [-0.1, -0.05) is 18.2 Å². The summed E-state index contributed by atoms with van der Waals surface area (Å²) in [6.45, 7) is 1.34. The van der Waals surface area contributed by atoms with Crippen LogP contribution >= 0.6 is 0 Å². The second-order valence-electron chi connectivity index (χ2n) is 7.57. The number of carbonyl (C=O) groups excluding carboxylic acids is 2. The van der Waals surface area contributed by atoms with Gasteiger partial charge in [0.2, 0.25) is 0 Å². The summed E-state index contributed by atoms with van der Waals surface area (Å²) in [5.74, 6) is -2.05. The van der Waals surface area contributed by atoms with Gasteiger partial charge in [0.15, 0.2) is 0 Å². The zero-order chi connectivity index (χ0) is 21.0. The molecule has 3 rings (SSSR count). The number of aryl methyl sites for hydroxylation is 1. The molecule has 29 heavy (non-hydrogen) atoms. The molecule has 1 atom stereocenters. The number of rotatable bonds is 5. The van der Waals surface area contributed by atoms with Crippen LogP contribution in [0.2, 0.25) is 0 Å². The second-order valence-corrected chi connectivity index (χ2v) is 7.57. The highest BCUT2D eigenvalue weighted by Crippen LogP contribution is 2.29. The zero-order valence-electron chi connectivity index (χ0n) is 17.0. The summed E-state index contributed by atoms with van der Waals surface area (Å²) in [5.41, 5.74) is 3.89. The lowest BCUT2D eigenvalue weighted by molar-refractivity contribution is -0.136. The van der Waals surface area contributed by atoms with Gasteiger partial charge < -0.3 is 20.4 Å². The lowest BCUT2D eigenvalue weighted by Crippen LogP contribution is -2.40. The van der Waals surface area contributed by atoms with Gasteiger partial charge in [-0.15, -0.1) is 0 Å². The van der Waals surface area contributed by atoms with Gasteiger partial charge in [0.05, 0.1) is 6.04 Å². The third-order valence-electron chi connectivity index (χ3n) is 5.21. The van der Waals surface area contributed by atoms with Crippen molar-refractivity contribution in [1.29, 1.82) is 0 Å². The quantitative estimate of drug-likeness (QED) is 0.760. The van der Waals surface area contributed by atoms with Gasteiger partial charge in [0, 0.05) is 31.5 Å². The van der Waals surface area contributed by atoms with E-state index in [1.165, 1.54) is 29.4 Å². The molecule has 0 spiro atoms. The molecule has 0 aliphatic carbocycles. The number of carbonyl (C=O) groups is 2. The number of hydrogen-bond acceptors (Lipinski definition) is 4. The summed E-state index contributed by atoms with van der Waals surface area (Å²) in [6, 6.07) is 11.8. The van der Waals surface area contributed by atoms with Crippen LogP contribution in [0.25, 0.3) is 0 Å². The average Bonchev–Trinajstić information content (AvgIpc) is 2.68. The van der Waals surface area contributed by atoms with Crippen LogP contribution in [0.15, 0.2) is 42.5 Å². The molecule has 0 radical (unpaired) electrons. The van der Waals surface area contributed by atoms with E-state index in [2.05, 4.69) is 40.8 Å². The lowest BCUT2D eigenvalue weighted by atomic mass is 9.96. The fourth-order valence-electron chi connectivity index (χ4n) is 3.63. The molecule has 0 unspecified atom stereocenters. The van der Waals surface area contributed by atoms with Crippen molar-refractivity contribution < 1.29 is 14.0 Å². The Kier molecular flexibility index (Phi) is 6.49. The number of hydrogen-bond donors (Lipinski definition) is 2. The number of benzene rings is 2. The molecule has 0 aromatic heterocycles. The van der Waals surface area contributed by atoms with E-state index in [1.54, 1.807) is 0 Å². The second kappa shape index (κ2) is 9.05. The SMILES string of the molecule is CN1CCCc2cc([C@@H](CNC(=O)C(=O)Nc3cccc(F)c3)N(C)C)ccc21. The van der Waals surface area contributed by atoms with Crippen molar-refractivity contribution in [3.8, 4) is 0 Å². The summed E-state index contributed by atoms with van der Waals surface area (Å²) < 4.78 is 13.2. The maximum atomic E-state index is 13.2. The summed E-state index contributed by atoms with van der Waals surface area (Å²) >= 11 is 0. The number of anilines is 2. The first-order valence-electron chi connectivity index (χ1n) is 9.70. The summed E-state index contributed by atoms with van der Waals surface area (Å²) in [5, 5.41) is 5.10. The van der Waals surface area contributed by atoms with Crippen molar-refractivity contribution in [3.05, 3.63) is 59.4 Å². The Bertz CT molecular complexity index is 900. The van der Waals surface area contributed by atoms with E-state index in [0.29, 0.717) is 0 Å². The molecule has 1 aliphatic rings. The van der Waals surface area contributed by atoms with E-state index >= 15 is 0 Å². The Hall–Kier alpha value is -2.93. The molecular formula is C22H27FN4O2. The smallest absolute Gasteiger partial charge is 0.313 e. The van der Waals surface area contributed by atoms with Gasteiger partial charge in [-0.2, -0.15) is 0 Å². The Balaban J connectivity index is 1.65. The van der Waals surface area contributed by atoms with Crippen molar-refractivity contribution in [1.82, 2.24) is 10.2 Å². The summed E-state index contributed by atoms with van der Waals surface area (Å²) in [4.78, 5) is 28.6. The van der Waals surface area contributed by atoms with Crippen LogP contribution in [0.5, 0.6) is 0 Å². The molecule has 2 aromatic rings. The minimum absolute atomic E-state index is 0.0709. The van der Waals surface area contributed by atoms with Crippen LogP contribution in [0.3, 0.4) is 0 Å². The van der Waals surface area contributed by atoms with Gasteiger partial charge in [0.25, 0.3) is 0 Å². The highest BCUT2D eigenvalue weighted by Gasteiger charge is 2.21. The minimum Gasteiger partial charge on any atom is -0.374 e. The van der Waals surface area contributed by atoms with Crippen LogP contribution in [0.1, 0.15) is 23.6 Å². The molecule has 0 bridgehead atoms. The van der Waals surface area contributed by atoms with Crippen LogP contribution < -0.4 is 15.5 Å². The Morgan fingerprint density at radius 2 is 1.97 bits per heavy atom. The lowest BCUT2D eigenvalue weighted by Gasteiger charge is -2.30. The van der Waals surface area contributed by atoms with Gasteiger partial charge in [-0.25, -0.2) is 4.39 Å². The highest BCUT2D eigenvalue weighted by atomic mass is 19.1. The Morgan fingerprint density at radius 3 is 2.69 bits per heavy atom. The zero-order valence-corrected chi connectivity index (χ0v) is 17.0. The average molecular weight is 398 g/mol. The first kappa shape index (κ1) is 20.8. The maximum absolute atomic E-state index is 13.2. The monoisotopic (exact) mass is 398 g/mol. The molecule has 1 heterocycles. The molecular weight excluding hydrogens is 371 g/mol. The third-order valence-corrected chi connectivity index (χ3v) is 5.21. The van der Waals surface area contributed by atoms with Crippen LogP contribution in [0, 0.1) is 5.82 Å². The van der Waals surface area contributed by atoms with E-state index in [9.17, 15) is 14.0 Å². The number of amides is 2. The van der Waals surface area contributed by atoms with Gasteiger partial charge in [-0.05, 0) is 62.3 Å². The fraction of sp³-hybridized carbons (Fsp3) is 0.364. The van der Waals surface area contributed by atoms with Crippen molar-refractivity contribution in [2.45, 2.75) is 18.9 Å². The topological polar surface area (TPSA) is 64.7 Å². The number of nitrogens with zero attached hydrogens (tertiary/aromatic N) is 2. The van der Waals surface area contributed by atoms with E-state index in [-0.39, 0.29) is 18.3 Å². The predicted molar refractivity (Wildman–Crippen MR) is 113 cm³/mol. The fourth-order valence-corrected chi connectivity index (χ4v) is 3.63. The predicted octanol–water partition coefficient (Wildman–Crippen LogP) is 2.57. The normalized spacial score (nSPS) is 14.3. The van der Waals surface area contributed by atoms with Gasteiger partial charge in [-0.3, -0.25) is 9.59 Å². The first-order valence-corrected chi connectivity index (χ1v) is 9.70. The molecule has 154 valence electrons. The molecule has 0 saturated heterocycles. The Morgan fingerprint density at radius 1 is 1.17 bits per heavy atom. The molecule has 7 heteroatoms. The largest absolute Gasteiger partial charge is 0.374 e. The van der Waals surface area contributed by atoms with E-state index in [4.69, 9.17) is 0 Å². The highest BCUT2D eigenvalue weighted by molar-refractivity contribution is 6.39. The number of fused-ring (bicyclic) bond motifs is 1. The minimum atomic E-state index is -0.819. The van der Waals surface area contributed by atoms with Crippen LogP contribution in [-0.4, -0.2) is 50.9 Å². The molecule has 2 N–H and O–H groups in total. The maximum Gasteiger partial charge on any atom is 0.313 e. The van der Waals surface area contributed by atoms with E-state index < -0.39 is 17.6 Å². The van der Waals surface area contributed by atoms with E-state index in [1.807, 2.05) is 19.0 Å². The Labute approximate surface area is 170 Å².